The van der Waals surface area contributed by atoms with Crippen LogP contribution in [-0.2, 0) is 11.8 Å². The van der Waals surface area contributed by atoms with Crippen LogP contribution in [0.1, 0.15) is 31.2 Å². The normalized spacial score (nSPS) is 20.0. The van der Waals surface area contributed by atoms with Crippen molar-refractivity contribution in [1.29, 1.82) is 0 Å². The molecule has 4 aromatic rings. The molecule has 7 rings (SSSR count). The van der Waals surface area contributed by atoms with Crippen molar-refractivity contribution in [2.24, 2.45) is 13.0 Å². The predicted octanol–water partition coefficient (Wildman–Crippen LogP) is 4.29. The number of hydrogen-bond donors (Lipinski definition) is 2. The number of aromatic amines is 1. The Labute approximate surface area is 202 Å². The highest BCUT2D eigenvalue weighted by molar-refractivity contribution is 5.95. The van der Waals surface area contributed by atoms with Crippen LogP contribution in [0.5, 0.6) is 0 Å². The molecule has 2 bridgehead atoms. The molecule has 1 aliphatic carbocycles. The average Bonchev–Trinajstić information content (AvgIpc) is 3.45. The van der Waals surface area contributed by atoms with Crippen LogP contribution in [0, 0.1) is 18.7 Å². The topological polar surface area (TPSA) is 91.7 Å². The van der Waals surface area contributed by atoms with Gasteiger partial charge in [-0.05, 0) is 62.3 Å². The number of nitrogens with zero attached hydrogens (tertiary/aromatic N) is 5. The van der Waals surface area contributed by atoms with Crippen molar-refractivity contribution in [3.05, 3.63) is 48.2 Å². The number of carbonyl (C=O) groups excluding carboxylic acids is 1. The number of H-pyrrole nitrogens is 1. The molecule has 2 saturated heterocycles. The third-order valence-corrected chi connectivity index (χ3v) is 7.42. The fourth-order valence-corrected chi connectivity index (χ4v) is 5.71. The molecule has 1 amide bonds. The Kier molecular flexibility index (Phi) is 5.36. The molecule has 0 spiro atoms. The highest BCUT2D eigenvalue weighted by Gasteiger charge is 2.34. The molecule has 2 N–H and O–H groups in total. The van der Waals surface area contributed by atoms with Crippen LogP contribution in [0.2, 0.25) is 0 Å². The van der Waals surface area contributed by atoms with Crippen molar-refractivity contribution in [3.63, 3.8) is 0 Å². The largest absolute Gasteiger partial charge is 0.325 e. The van der Waals surface area contributed by atoms with E-state index in [4.69, 9.17) is 0 Å². The molecule has 2 aliphatic heterocycles. The van der Waals surface area contributed by atoms with E-state index in [1.807, 2.05) is 32.3 Å². The number of halogens is 1. The molecule has 1 saturated carbocycles. The van der Waals surface area contributed by atoms with Gasteiger partial charge in [-0.1, -0.05) is 0 Å². The zero-order valence-electron chi connectivity index (χ0n) is 19.9. The number of carbonyl (C=O) groups is 1. The van der Waals surface area contributed by atoms with Crippen LogP contribution in [0.4, 0.5) is 10.1 Å². The van der Waals surface area contributed by atoms with Gasteiger partial charge in [-0.2, -0.15) is 10.2 Å². The van der Waals surface area contributed by atoms with Crippen molar-refractivity contribution >= 4 is 22.5 Å². The summed E-state index contributed by atoms with van der Waals surface area (Å²) in [5, 5.41) is 15.4. The van der Waals surface area contributed by atoms with E-state index < -0.39 is 5.82 Å². The minimum atomic E-state index is -0.421. The van der Waals surface area contributed by atoms with Gasteiger partial charge < -0.3 is 5.32 Å². The summed E-state index contributed by atoms with van der Waals surface area (Å²) in [5.74, 6) is 0.198. The van der Waals surface area contributed by atoms with Crippen LogP contribution < -0.4 is 5.32 Å². The number of nitrogens with one attached hydrogen (secondary N) is 2. The molecular weight excluding hydrogens is 445 g/mol. The molecule has 9 heteroatoms. The minimum Gasteiger partial charge on any atom is -0.325 e. The number of hydrogen-bond acceptors (Lipinski definition) is 5. The van der Waals surface area contributed by atoms with E-state index in [1.54, 1.807) is 17.1 Å². The van der Waals surface area contributed by atoms with Crippen molar-refractivity contribution in [3.8, 4) is 22.5 Å². The van der Waals surface area contributed by atoms with Crippen molar-refractivity contribution in [2.75, 3.05) is 18.4 Å². The Morgan fingerprint density at radius 3 is 2.71 bits per heavy atom. The fraction of sp³-hybridized carbons (Fsp3) is 0.385. The molecule has 0 radical (unpaired) electrons. The van der Waals surface area contributed by atoms with E-state index in [0.29, 0.717) is 41.0 Å². The van der Waals surface area contributed by atoms with E-state index in [2.05, 4.69) is 30.5 Å². The number of aromatic nitrogens is 5. The second kappa shape index (κ2) is 8.57. The maximum Gasteiger partial charge on any atom is 0.238 e. The number of anilines is 1. The second-order valence-corrected chi connectivity index (χ2v) is 9.89. The first-order valence-electron chi connectivity index (χ1n) is 12.1. The van der Waals surface area contributed by atoms with Crippen LogP contribution in [-0.4, -0.2) is 54.9 Å². The van der Waals surface area contributed by atoms with Gasteiger partial charge >= 0.3 is 0 Å². The third kappa shape index (κ3) is 4.10. The number of pyridine rings is 1. The minimum absolute atomic E-state index is 0.0943. The summed E-state index contributed by atoms with van der Waals surface area (Å²) in [6.45, 7) is 3.19. The lowest BCUT2D eigenvalue weighted by atomic mass is 9.80. The van der Waals surface area contributed by atoms with Crippen LogP contribution in [0.25, 0.3) is 33.4 Å². The van der Waals surface area contributed by atoms with Gasteiger partial charge in [-0.15, -0.1) is 0 Å². The zero-order valence-corrected chi connectivity index (χ0v) is 19.9. The summed E-state index contributed by atoms with van der Waals surface area (Å²) in [7, 11) is 1.85. The molecule has 0 unspecified atom stereocenters. The van der Waals surface area contributed by atoms with Gasteiger partial charge in [0, 0.05) is 48.0 Å². The third-order valence-electron chi connectivity index (χ3n) is 7.42. The summed E-state index contributed by atoms with van der Waals surface area (Å²) in [6.07, 6.45) is 10.2. The number of piperidine rings is 2. The van der Waals surface area contributed by atoms with Gasteiger partial charge in [0.05, 0.1) is 30.1 Å². The van der Waals surface area contributed by atoms with E-state index in [9.17, 15) is 4.79 Å². The molecule has 3 aromatic heterocycles. The Hall–Kier alpha value is -3.59. The number of benzene rings is 1. The fourth-order valence-electron chi connectivity index (χ4n) is 5.71. The van der Waals surface area contributed by atoms with E-state index in [0.717, 1.165) is 28.7 Å². The van der Waals surface area contributed by atoms with Gasteiger partial charge in [0.1, 0.15) is 11.5 Å². The molecule has 0 atom stereocenters. The smallest absolute Gasteiger partial charge is 0.238 e. The summed E-state index contributed by atoms with van der Waals surface area (Å²) < 4.78 is 17.1. The lowest BCUT2D eigenvalue weighted by Crippen LogP contribution is -2.50. The van der Waals surface area contributed by atoms with Crippen LogP contribution in [0.15, 0.2) is 36.8 Å². The monoisotopic (exact) mass is 473 g/mol. The van der Waals surface area contributed by atoms with Gasteiger partial charge in [0.15, 0.2) is 0 Å². The first-order valence-corrected chi connectivity index (χ1v) is 12.1. The summed E-state index contributed by atoms with van der Waals surface area (Å²) >= 11 is 0. The van der Waals surface area contributed by atoms with Gasteiger partial charge in [0.2, 0.25) is 5.91 Å². The van der Waals surface area contributed by atoms with Gasteiger partial charge in [0.25, 0.3) is 0 Å². The van der Waals surface area contributed by atoms with Crippen LogP contribution in [0.3, 0.4) is 0 Å². The Bertz CT molecular complexity index is 1390. The van der Waals surface area contributed by atoms with E-state index >= 15 is 4.39 Å². The maximum absolute atomic E-state index is 15.3. The standard InChI is InChI=1S/C26H28FN7O/c1-15-7-18(30-24(35)14-34-12-16-3-5-19(34)6-4-16)8-21(27)25(15)22-9-20-23(11-28-22)31-32-26(20)17-10-29-33(2)13-17/h7-11,13,16,19H,3-6,12,14H2,1-2H3,(H,30,35)(H,31,32). The SMILES string of the molecule is Cc1cc(NC(=O)CN2CC3CCC2CC3)cc(F)c1-c1cc2c(-c3cnn(C)c3)n[nH]c2cn1. The van der Waals surface area contributed by atoms with Crippen molar-refractivity contribution in [2.45, 2.75) is 38.6 Å². The second-order valence-electron chi connectivity index (χ2n) is 9.89. The molecule has 1 aromatic carbocycles. The molecule has 5 heterocycles. The van der Waals surface area contributed by atoms with E-state index in [1.165, 1.54) is 31.7 Å². The number of amides is 1. The molecule has 35 heavy (non-hydrogen) atoms. The highest BCUT2D eigenvalue weighted by Crippen LogP contribution is 2.35. The summed E-state index contributed by atoms with van der Waals surface area (Å²) in [4.78, 5) is 19.5. The van der Waals surface area contributed by atoms with Crippen molar-refractivity contribution < 1.29 is 9.18 Å². The predicted molar refractivity (Wildman–Crippen MR) is 132 cm³/mol. The van der Waals surface area contributed by atoms with Crippen molar-refractivity contribution in [1.82, 2.24) is 29.9 Å². The highest BCUT2D eigenvalue weighted by atomic mass is 19.1. The summed E-state index contributed by atoms with van der Waals surface area (Å²) in [6, 6.07) is 5.54. The molecule has 3 aliphatic rings. The Balaban J connectivity index is 1.24. The van der Waals surface area contributed by atoms with Crippen LogP contribution >= 0.6 is 0 Å². The number of fused-ring (bicyclic) bond motifs is 4. The number of rotatable bonds is 5. The van der Waals surface area contributed by atoms with Gasteiger partial charge in [-0.25, -0.2) is 4.39 Å². The number of aryl methyl sites for hydroxylation is 2. The molecule has 8 nitrogen and oxygen atoms in total. The molecule has 180 valence electrons. The quantitative estimate of drug-likeness (QED) is 0.451. The van der Waals surface area contributed by atoms with E-state index in [-0.39, 0.29) is 5.91 Å². The first-order chi connectivity index (χ1) is 16.9. The Morgan fingerprint density at radius 2 is 2.03 bits per heavy atom. The first kappa shape index (κ1) is 21.9. The average molecular weight is 474 g/mol. The Morgan fingerprint density at radius 1 is 1.20 bits per heavy atom. The van der Waals surface area contributed by atoms with Gasteiger partial charge in [-0.3, -0.25) is 24.5 Å². The molecular formula is C26H28FN7O. The summed E-state index contributed by atoms with van der Waals surface area (Å²) in [5.41, 5.74) is 4.48. The maximum atomic E-state index is 15.3. The lowest BCUT2D eigenvalue weighted by molar-refractivity contribution is -0.119. The molecule has 3 fully saturated rings. The zero-order chi connectivity index (χ0) is 24.1. The lowest BCUT2D eigenvalue weighted by Gasteiger charge is -2.44.